The van der Waals surface area contributed by atoms with Crippen LogP contribution in [0.4, 0.5) is 0 Å². The Hall–Kier alpha value is -4.01. The highest BCUT2D eigenvalue weighted by Gasteiger charge is 2.39. The zero-order valence-electron chi connectivity index (χ0n) is 22.6. The summed E-state index contributed by atoms with van der Waals surface area (Å²) in [5, 5.41) is 3.01. The lowest BCUT2D eigenvalue weighted by atomic mass is 9.99. The quantitative estimate of drug-likeness (QED) is 0.466. The number of carbonyl (C=O) groups excluding carboxylic acids is 4. The van der Waals surface area contributed by atoms with Gasteiger partial charge in [-0.1, -0.05) is 54.1 Å². The highest BCUT2D eigenvalue weighted by molar-refractivity contribution is 6.30. The van der Waals surface area contributed by atoms with Crippen molar-refractivity contribution in [3.05, 3.63) is 94.0 Å². The van der Waals surface area contributed by atoms with Crippen LogP contribution in [0.3, 0.4) is 0 Å². The third-order valence-electron chi connectivity index (χ3n) is 8.18. The minimum atomic E-state index is -0.616. The predicted octanol–water partition coefficient (Wildman–Crippen LogP) is 4.12. The molecule has 6 rings (SSSR count). The molecule has 0 aliphatic carbocycles. The smallest absolute Gasteiger partial charge is 0.255 e. The van der Waals surface area contributed by atoms with Crippen molar-refractivity contribution in [3.8, 4) is 11.1 Å². The molecule has 4 amide bonds. The van der Waals surface area contributed by atoms with Crippen LogP contribution in [0.25, 0.3) is 11.1 Å². The van der Waals surface area contributed by atoms with E-state index in [-0.39, 0.29) is 24.1 Å². The van der Waals surface area contributed by atoms with Gasteiger partial charge in [0, 0.05) is 61.8 Å². The molecule has 2 saturated heterocycles. The van der Waals surface area contributed by atoms with Crippen LogP contribution in [0.5, 0.6) is 0 Å². The number of nitrogens with zero attached hydrogens (tertiary/aromatic N) is 3. The van der Waals surface area contributed by atoms with Gasteiger partial charge in [0.1, 0.15) is 6.04 Å². The lowest BCUT2D eigenvalue weighted by molar-refractivity contribution is -0.136. The Labute approximate surface area is 243 Å². The second kappa shape index (κ2) is 11.5. The molecule has 1 unspecified atom stereocenters. The molecule has 0 spiro atoms. The summed E-state index contributed by atoms with van der Waals surface area (Å²) in [6.45, 7) is 3.99. The van der Waals surface area contributed by atoms with Crippen LogP contribution in [0.15, 0.2) is 66.7 Å². The first kappa shape index (κ1) is 27.2. The Bertz CT molecular complexity index is 1520. The first-order valence-electron chi connectivity index (χ1n) is 14.0. The third-order valence-corrected chi connectivity index (χ3v) is 8.43. The Kier molecular flexibility index (Phi) is 7.60. The van der Waals surface area contributed by atoms with Gasteiger partial charge in [0.2, 0.25) is 11.8 Å². The van der Waals surface area contributed by atoms with E-state index >= 15 is 0 Å². The number of hydrogen-bond donors (Lipinski definition) is 1. The third kappa shape index (κ3) is 5.62. The molecule has 0 bridgehead atoms. The zero-order valence-corrected chi connectivity index (χ0v) is 23.4. The molecule has 3 aliphatic heterocycles. The molecule has 9 heteroatoms. The molecule has 1 N–H and O–H groups in total. The maximum absolute atomic E-state index is 13.6. The van der Waals surface area contributed by atoms with E-state index in [0.717, 1.165) is 41.8 Å². The molecule has 0 aromatic heterocycles. The van der Waals surface area contributed by atoms with Crippen LogP contribution in [-0.2, 0) is 22.7 Å². The van der Waals surface area contributed by atoms with E-state index in [4.69, 9.17) is 11.6 Å². The van der Waals surface area contributed by atoms with Gasteiger partial charge in [-0.25, -0.2) is 0 Å². The average molecular weight is 571 g/mol. The number of amides is 4. The summed E-state index contributed by atoms with van der Waals surface area (Å²) in [5.41, 5.74) is 5.16. The van der Waals surface area contributed by atoms with Crippen molar-refractivity contribution in [2.75, 3.05) is 26.2 Å². The topological polar surface area (TPSA) is 90.0 Å². The van der Waals surface area contributed by atoms with Crippen LogP contribution in [0.1, 0.15) is 51.1 Å². The summed E-state index contributed by atoms with van der Waals surface area (Å²) in [6.07, 6.45) is 1.45. The van der Waals surface area contributed by atoms with Gasteiger partial charge in [0.15, 0.2) is 0 Å². The Morgan fingerprint density at radius 2 is 1.71 bits per heavy atom. The summed E-state index contributed by atoms with van der Waals surface area (Å²) in [7, 11) is 0. The maximum atomic E-state index is 13.6. The van der Waals surface area contributed by atoms with Crippen molar-refractivity contribution in [2.45, 2.75) is 38.4 Å². The fourth-order valence-electron chi connectivity index (χ4n) is 6.04. The number of imide groups is 1. The summed E-state index contributed by atoms with van der Waals surface area (Å²) < 4.78 is 0. The summed E-state index contributed by atoms with van der Waals surface area (Å²) in [6, 6.07) is 20.5. The van der Waals surface area contributed by atoms with E-state index in [1.54, 1.807) is 4.90 Å². The number of carbonyl (C=O) groups is 4. The van der Waals surface area contributed by atoms with Crippen LogP contribution in [0.2, 0.25) is 5.02 Å². The lowest BCUT2D eigenvalue weighted by Crippen LogP contribution is -2.52. The lowest BCUT2D eigenvalue weighted by Gasteiger charge is -2.29. The number of fused-ring (bicyclic) bond motifs is 1. The van der Waals surface area contributed by atoms with E-state index in [2.05, 4.69) is 16.3 Å². The Morgan fingerprint density at radius 3 is 2.51 bits per heavy atom. The van der Waals surface area contributed by atoms with Crippen molar-refractivity contribution in [3.63, 3.8) is 0 Å². The number of rotatable bonds is 5. The number of nitrogens with one attached hydrogen (secondary N) is 1. The Morgan fingerprint density at radius 1 is 0.902 bits per heavy atom. The first-order chi connectivity index (χ1) is 19.9. The molecule has 210 valence electrons. The van der Waals surface area contributed by atoms with E-state index in [1.165, 1.54) is 0 Å². The molecule has 0 radical (unpaired) electrons. The van der Waals surface area contributed by atoms with Crippen LogP contribution < -0.4 is 5.32 Å². The summed E-state index contributed by atoms with van der Waals surface area (Å²) in [5.74, 6) is -0.825. The van der Waals surface area contributed by atoms with Crippen molar-refractivity contribution in [2.24, 2.45) is 0 Å². The van der Waals surface area contributed by atoms with Gasteiger partial charge >= 0.3 is 0 Å². The highest BCUT2D eigenvalue weighted by Crippen LogP contribution is 2.29. The van der Waals surface area contributed by atoms with Crippen LogP contribution in [-0.4, -0.2) is 70.5 Å². The van der Waals surface area contributed by atoms with Gasteiger partial charge in [0.25, 0.3) is 11.8 Å². The number of piperidine rings is 1. The molecule has 8 nitrogen and oxygen atoms in total. The maximum Gasteiger partial charge on any atom is 0.255 e. The monoisotopic (exact) mass is 570 g/mol. The molecular weight excluding hydrogens is 540 g/mol. The number of benzene rings is 3. The molecular formula is C32H31ClN4O4. The number of halogens is 1. The second-order valence-corrected chi connectivity index (χ2v) is 11.3. The molecule has 1 atom stereocenters. The van der Waals surface area contributed by atoms with Crippen molar-refractivity contribution < 1.29 is 19.2 Å². The minimum Gasteiger partial charge on any atom is -0.337 e. The molecule has 41 heavy (non-hydrogen) atoms. The van der Waals surface area contributed by atoms with E-state index in [0.29, 0.717) is 48.7 Å². The van der Waals surface area contributed by atoms with Gasteiger partial charge in [-0.3, -0.25) is 29.4 Å². The average Bonchev–Trinajstić information content (AvgIpc) is 3.12. The normalized spacial score (nSPS) is 19.6. The molecule has 3 aromatic carbocycles. The summed E-state index contributed by atoms with van der Waals surface area (Å²) in [4.78, 5) is 56.4. The SMILES string of the molecule is O=C1CCC(N2Cc3cc(CN4CCCN(C(=O)c5ccccc5-c5ccc(Cl)cc5)CC4)ccc3C2=O)C(=O)N1. The fourth-order valence-corrected chi connectivity index (χ4v) is 6.16. The second-order valence-electron chi connectivity index (χ2n) is 10.9. The van der Waals surface area contributed by atoms with Gasteiger partial charge in [-0.15, -0.1) is 0 Å². The predicted molar refractivity (Wildman–Crippen MR) is 155 cm³/mol. The Balaban J connectivity index is 1.10. The largest absolute Gasteiger partial charge is 0.337 e. The van der Waals surface area contributed by atoms with Crippen LogP contribution >= 0.6 is 11.6 Å². The van der Waals surface area contributed by atoms with Gasteiger partial charge in [-0.05, 0) is 59.4 Å². The molecule has 3 aromatic rings. The molecule has 2 fully saturated rings. The highest BCUT2D eigenvalue weighted by atomic mass is 35.5. The van der Waals surface area contributed by atoms with Crippen LogP contribution in [0, 0.1) is 0 Å². The van der Waals surface area contributed by atoms with Gasteiger partial charge in [-0.2, -0.15) is 0 Å². The first-order valence-corrected chi connectivity index (χ1v) is 14.4. The number of hydrogen-bond acceptors (Lipinski definition) is 5. The standard InChI is InChI=1S/C32H31ClN4O4/c33-24-9-7-22(8-10-24)25-4-1-2-5-27(25)31(40)36-15-3-14-35(16-17-36)19-21-6-11-26-23(18-21)20-37(32(26)41)28-12-13-29(38)34-30(28)39/h1-2,4-11,18,28H,3,12-17,19-20H2,(H,34,38,39). The van der Waals surface area contributed by atoms with Crippen molar-refractivity contribution in [1.29, 1.82) is 0 Å². The zero-order chi connectivity index (χ0) is 28.5. The van der Waals surface area contributed by atoms with E-state index in [9.17, 15) is 19.2 Å². The molecule has 0 saturated carbocycles. The van der Waals surface area contributed by atoms with Crippen molar-refractivity contribution in [1.82, 2.24) is 20.0 Å². The minimum absolute atomic E-state index is 0.0296. The molecule has 3 heterocycles. The van der Waals surface area contributed by atoms with Gasteiger partial charge in [0.05, 0.1) is 0 Å². The summed E-state index contributed by atoms with van der Waals surface area (Å²) >= 11 is 6.07. The fraction of sp³-hybridized carbons (Fsp3) is 0.312. The van der Waals surface area contributed by atoms with Crippen molar-refractivity contribution >= 4 is 35.2 Å². The van der Waals surface area contributed by atoms with E-state index in [1.807, 2.05) is 65.6 Å². The van der Waals surface area contributed by atoms with Gasteiger partial charge < -0.3 is 9.80 Å². The van der Waals surface area contributed by atoms with E-state index < -0.39 is 11.9 Å². The molecule has 3 aliphatic rings.